The third-order valence-electron chi connectivity index (χ3n) is 3.61. The van der Waals surface area contributed by atoms with Crippen LogP contribution in [0.1, 0.15) is 23.2 Å². The van der Waals surface area contributed by atoms with Crippen LogP contribution in [0.5, 0.6) is 0 Å². The number of nitro benzene ring substituents is 1. The van der Waals surface area contributed by atoms with Gasteiger partial charge in [0.25, 0.3) is 11.6 Å². The molecule has 1 aliphatic heterocycles. The van der Waals surface area contributed by atoms with E-state index in [0.717, 1.165) is 19.4 Å². The highest BCUT2D eigenvalue weighted by molar-refractivity contribution is 6.33. The fourth-order valence-electron chi connectivity index (χ4n) is 2.67. The predicted molar refractivity (Wildman–Crippen MR) is 80.7 cm³/mol. The van der Waals surface area contributed by atoms with Crippen LogP contribution >= 0.6 is 11.6 Å². The number of benzene rings is 1. The molecule has 0 bridgehead atoms. The summed E-state index contributed by atoms with van der Waals surface area (Å²) in [4.78, 5) is 26.6. The molecule has 1 heterocycles. The van der Waals surface area contributed by atoms with Crippen molar-refractivity contribution in [3.63, 3.8) is 0 Å². The first-order valence-electron chi connectivity index (χ1n) is 6.80. The standard InChI is InChI=1S/C14H18ClN3O3/c1-16(2)9-11-4-3-7-17(11)14(19)10-5-6-13(18(20)21)12(15)8-10/h5-6,8,11H,3-4,7,9H2,1-2H3. The lowest BCUT2D eigenvalue weighted by Crippen LogP contribution is -2.41. The average Bonchev–Trinajstić information content (AvgIpc) is 2.84. The smallest absolute Gasteiger partial charge is 0.287 e. The number of amides is 1. The van der Waals surface area contributed by atoms with Gasteiger partial charge in [0.15, 0.2) is 0 Å². The third kappa shape index (κ3) is 3.51. The van der Waals surface area contributed by atoms with Gasteiger partial charge in [-0.15, -0.1) is 0 Å². The molecule has 6 nitrogen and oxygen atoms in total. The van der Waals surface area contributed by atoms with Crippen LogP contribution in [0.2, 0.25) is 5.02 Å². The Bertz CT molecular complexity index is 562. The van der Waals surface area contributed by atoms with E-state index in [-0.39, 0.29) is 22.7 Å². The van der Waals surface area contributed by atoms with Gasteiger partial charge in [-0.3, -0.25) is 14.9 Å². The Morgan fingerprint density at radius 2 is 2.24 bits per heavy atom. The molecular weight excluding hydrogens is 294 g/mol. The summed E-state index contributed by atoms with van der Waals surface area (Å²) in [5.41, 5.74) is 0.218. The van der Waals surface area contributed by atoms with Gasteiger partial charge in [-0.05, 0) is 39.1 Å². The van der Waals surface area contributed by atoms with Gasteiger partial charge in [0, 0.05) is 30.8 Å². The predicted octanol–water partition coefficient (Wildman–Crippen LogP) is 2.41. The zero-order valence-electron chi connectivity index (χ0n) is 12.1. The highest BCUT2D eigenvalue weighted by Gasteiger charge is 2.30. The minimum absolute atomic E-state index is 0.00536. The maximum Gasteiger partial charge on any atom is 0.287 e. The van der Waals surface area contributed by atoms with E-state index in [9.17, 15) is 14.9 Å². The number of carbonyl (C=O) groups excluding carboxylic acids is 1. The maximum atomic E-state index is 12.6. The van der Waals surface area contributed by atoms with Crippen molar-refractivity contribution in [1.29, 1.82) is 0 Å². The van der Waals surface area contributed by atoms with Crippen LogP contribution in [0, 0.1) is 10.1 Å². The van der Waals surface area contributed by atoms with Crippen molar-refractivity contribution >= 4 is 23.2 Å². The largest absolute Gasteiger partial charge is 0.334 e. The minimum Gasteiger partial charge on any atom is -0.334 e. The van der Waals surface area contributed by atoms with E-state index in [2.05, 4.69) is 4.90 Å². The van der Waals surface area contributed by atoms with Gasteiger partial charge in [-0.2, -0.15) is 0 Å². The summed E-state index contributed by atoms with van der Waals surface area (Å²) in [6.45, 7) is 1.53. The van der Waals surface area contributed by atoms with E-state index in [0.29, 0.717) is 12.1 Å². The molecule has 1 aromatic carbocycles. The van der Waals surface area contributed by atoms with Crippen molar-refractivity contribution in [2.45, 2.75) is 18.9 Å². The van der Waals surface area contributed by atoms with E-state index >= 15 is 0 Å². The molecule has 1 amide bonds. The van der Waals surface area contributed by atoms with Crippen LogP contribution in [-0.2, 0) is 0 Å². The lowest BCUT2D eigenvalue weighted by atomic mass is 10.1. The molecule has 2 rings (SSSR count). The maximum absolute atomic E-state index is 12.6. The Hall–Kier alpha value is -1.66. The molecule has 0 spiro atoms. The molecule has 7 heteroatoms. The number of hydrogen-bond acceptors (Lipinski definition) is 4. The van der Waals surface area contributed by atoms with Crippen LogP contribution in [0.4, 0.5) is 5.69 Å². The second kappa shape index (κ2) is 6.41. The van der Waals surface area contributed by atoms with Crippen LogP contribution < -0.4 is 0 Å². The highest BCUT2D eigenvalue weighted by Crippen LogP contribution is 2.27. The molecule has 21 heavy (non-hydrogen) atoms. The molecule has 1 atom stereocenters. The second-order valence-corrected chi connectivity index (χ2v) is 5.89. The van der Waals surface area contributed by atoms with Gasteiger partial charge < -0.3 is 9.80 Å². The number of nitrogens with zero attached hydrogens (tertiary/aromatic N) is 3. The first-order valence-corrected chi connectivity index (χ1v) is 7.17. The van der Waals surface area contributed by atoms with Gasteiger partial charge in [0.05, 0.1) is 4.92 Å². The van der Waals surface area contributed by atoms with Gasteiger partial charge in [0.1, 0.15) is 5.02 Å². The Morgan fingerprint density at radius 1 is 1.52 bits per heavy atom. The van der Waals surface area contributed by atoms with E-state index in [4.69, 9.17) is 11.6 Å². The quantitative estimate of drug-likeness (QED) is 0.632. The number of likely N-dealkylation sites (N-methyl/N-ethyl adjacent to an activating group) is 1. The molecule has 1 saturated heterocycles. The number of hydrogen-bond donors (Lipinski definition) is 0. The summed E-state index contributed by atoms with van der Waals surface area (Å²) in [6.07, 6.45) is 1.95. The van der Waals surface area contributed by atoms with Crippen molar-refractivity contribution in [1.82, 2.24) is 9.80 Å². The van der Waals surface area contributed by atoms with Crippen LogP contribution in [0.25, 0.3) is 0 Å². The summed E-state index contributed by atoms with van der Waals surface area (Å²) in [5, 5.41) is 10.7. The van der Waals surface area contributed by atoms with Crippen molar-refractivity contribution in [2.24, 2.45) is 0 Å². The summed E-state index contributed by atoms with van der Waals surface area (Å²) in [6, 6.07) is 4.32. The Kier molecular flexibility index (Phi) is 4.80. The second-order valence-electron chi connectivity index (χ2n) is 5.48. The summed E-state index contributed by atoms with van der Waals surface area (Å²) >= 11 is 5.88. The monoisotopic (exact) mass is 311 g/mol. The van der Waals surface area contributed by atoms with Gasteiger partial charge >= 0.3 is 0 Å². The Balaban J connectivity index is 2.19. The lowest BCUT2D eigenvalue weighted by Gasteiger charge is -2.27. The van der Waals surface area contributed by atoms with Crippen LogP contribution in [0.15, 0.2) is 18.2 Å². The highest BCUT2D eigenvalue weighted by atomic mass is 35.5. The van der Waals surface area contributed by atoms with Crippen molar-refractivity contribution in [3.8, 4) is 0 Å². The van der Waals surface area contributed by atoms with Gasteiger partial charge in [-0.1, -0.05) is 11.6 Å². The molecule has 0 aliphatic carbocycles. The zero-order valence-corrected chi connectivity index (χ0v) is 12.8. The van der Waals surface area contributed by atoms with E-state index < -0.39 is 4.92 Å². The first kappa shape index (κ1) is 15.7. The SMILES string of the molecule is CN(C)CC1CCCN1C(=O)c1ccc([N+](=O)[O-])c(Cl)c1. The normalized spacial score (nSPS) is 18.3. The molecule has 0 aromatic heterocycles. The fourth-order valence-corrected chi connectivity index (χ4v) is 2.92. The van der Waals surface area contributed by atoms with Gasteiger partial charge in [0.2, 0.25) is 0 Å². The third-order valence-corrected chi connectivity index (χ3v) is 3.91. The number of likely N-dealkylation sites (tertiary alicyclic amines) is 1. The number of carbonyl (C=O) groups is 1. The van der Waals surface area contributed by atoms with Crippen molar-refractivity contribution in [2.75, 3.05) is 27.2 Å². The molecule has 1 aliphatic rings. The van der Waals surface area contributed by atoms with E-state index in [1.165, 1.54) is 18.2 Å². The first-order chi connectivity index (χ1) is 9.90. The fraction of sp³-hybridized carbons (Fsp3) is 0.500. The van der Waals surface area contributed by atoms with Gasteiger partial charge in [-0.25, -0.2) is 0 Å². The molecule has 114 valence electrons. The van der Waals surface area contributed by atoms with Crippen molar-refractivity contribution in [3.05, 3.63) is 38.9 Å². The molecule has 0 saturated carbocycles. The zero-order chi connectivity index (χ0) is 15.6. The molecule has 1 unspecified atom stereocenters. The summed E-state index contributed by atoms with van der Waals surface area (Å²) in [7, 11) is 3.95. The molecule has 0 radical (unpaired) electrons. The molecule has 1 fully saturated rings. The van der Waals surface area contributed by atoms with E-state index in [1.807, 2.05) is 19.0 Å². The van der Waals surface area contributed by atoms with Crippen LogP contribution in [0.3, 0.4) is 0 Å². The van der Waals surface area contributed by atoms with E-state index in [1.54, 1.807) is 0 Å². The average molecular weight is 312 g/mol. The van der Waals surface area contributed by atoms with Crippen LogP contribution in [-0.4, -0.2) is 53.9 Å². The molecule has 1 aromatic rings. The topological polar surface area (TPSA) is 66.7 Å². The number of nitro groups is 1. The summed E-state index contributed by atoms with van der Waals surface area (Å²) in [5.74, 6) is -0.115. The number of halogens is 1. The Morgan fingerprint density at radius 3 is 2.81 bits per heavy atom. The minimum atomic E-state index is -0.554. The molecule has 0 N–H and O–H groups in total. The molecular formula is C14H18ClN3O3. The Labute approximate surface area is 128 Å². The number of rotatable bonds is 4. The van der Waals surface area contributed by atoms with Crippen molar-refractivity contribution < 1.29 is 9.72 Å². The summed E-state index contributed by atoms with van der Waals surface area (Å²) < 4.78 is 0. The lowest BCUT2D eigenvalue weighted by molar-refractivity contribution is -0.384.